The number of phenolic OH excluding ortho intramolecular Hbond substituents is 2. The molecule has 0 aliphatic heterocycles. The van der Waals surface area contributed by atoms with Crippen molar-refractivity contribution < 1.29 is 15.0 Å². The van der Waals surface area contributed by atoms with E-state index in [-0.39, 0.29) is 17.3 Å². The lowest BCUT2D eigenvalue weighted by atomic mass is 9.95. The van der Waals surface area contributed by atoms with E-state index < -0.39 is 0 Å². The Morgan fingerprint density at radius 1 is 1.09 bits per heavy atom. The van der Waals surface area contributed by atoms with Crippen LogP contribution >= 0.6 is 0 Å². The lowest BCUT2D eigenvalue weighted by Crippen LogP contribution is -1.97. The number of carbonyl (C=O) groups excluding carboxylic acids is 1. The summed E-state index contributed by atoms with van der Waals surface area (Å²) < 4.78 is 0. The lowest BCUT2D eigenvalue weighted by Gasteiger charge is -2.10. The maximum Gasteiger partial charge on any atom is 0.160 e. The summed E-state index contributed by atoms with van der Waals surface area (Å²) >= 11 is 0. The molecule has 3 rings (SSSR count). The van der Waals surface area contributed by atoms with Gasteiger partial charge in [0, 0.05) is 5.57 Å². The number of hydrogen-bond donors (Lipinski definition) is 2. The van der Waals surface area contributed by atoms with Crippen molar-refractivity contribution in [3.05, 3.63) is 59.2 Å². The summed E-state index contributed by atoms with van der Waals surface area (Å²) in [5.41, 5.74) is 3.24. The molecule has 112 valence electrons. The van der Waals surface area contributed by atoms with E-state index in [1.165, 1.54) is 13.0 Å². The highest BCUT2D eigenvalue weighted by molar-refractivity contribution is 6.24. The van der Waals surface area contributed by atoms with E-state index >= 15 is 0 Å². The maximum absolute atomic E-state index is 12.0. The van der Waals surface area contributed by atoms with Gasteiger partial charge in [-0.2, -0.15) is 0 Å². The van der Waals surface area contributed by atoms with Gasteiger partial charge in [0.05, 0.1) is 0 Å². The summed E-state index contributed by atoms with van der Waals surface area (Å²) in [7, 11) is 0. The average Bonchev–Trinajstić information content (AvgIpc) is 3.33. The third-order valence-corrected chi connectivity index (χ3v) is 3.96. The number of rotatable bonds is 4. The van der Waals surface area contributed by atoms with Gasteiger partial charge in [0.15, 0.2) is 17.3 Å². The Bertz CT molecular complexity index is 741. The Morgan fingerprint density at radius 3 is 2.32 bits per heavy atom. The minimum absolute atomic E-state index is 0.0273. The molecule has 0 unspecified atom stereocenters. The van der Waals surface area contributed by atoms with Gasteiger partial charge in [-0.1, -0.05) is 30.3 Å². The number of hydrogen-bond acceptors (Lipinski definition) is 3. The van der Waals surface area contributed by atoms with Gasteiger partial charge in [-0.25, -0.2) is 0 Å². The third kappa shape index (κ3) is 2.89. The normalized spacial score (nSPS) is 14.9. The van der Waals surface area contributed by atoms with Crippen molar-refractivity contribution in [2.24, 2.45) is 0 Å². The molecular formula is C19H18O3. The number of Topliss-reactive ketones (excluding diaryl/α,β-unsaturated/α-hetero) is 1. The zero-order chi connectivity index (χ0) is 15.7. The van der Waals surface area contributed by atoms with Crippen molar-refractivity contribution in [3.8, 4) is 11.5 Å². The topological polar surface area (TPSA) is 57.5 Å². The minimum atomic E-state index is -0.161. The quantitative estimate of drug-likeness (QED) is 0.507. The van der Waals surface area contributed by atoms with Gasteiger partial charge in [0.2, 0.25) is 0 Å². The number of carbonyl (C=O) groups is 1. The van der Waals surface area contributed by atoms with E-state index in [1.54, 1.807) is 6.07 Å². The Morgan fingerprint density at radius 2 is 1.73 bits per heavy atom. The molecule has 1 aliphatic carbocycles. The number of ketones is 1. The van der Waals surface area contributed by atoms with Crippen LogP contribution in [0.2, 0.25) is 0 Å². The summed E-state index contributed by atoms with van der Waals surface area (Å²) in [6.45, 7) is 1.54. The molecular weight excluding hydrogens is 276 g/mol. The van der Waals surface area contributed by atoms with Crippen molar-refractivity contribution in [1.82, 2.24) is 0 Å². The average molecular weight is 294 g/mol. The molecule has 0 radical (unpaired) electrons. The Labute approximate surface area is 129 Å². The van der Waals surface area contributed by atoms with Gasteiger partial charge < -0.3 is 10.2 Å². The van der Waals surface area contributed by atoms with Crippen molar-refractivity contribution in [2.45, 2.75) is 25.7 Å². The molecule has 22 heavy (non-hydrogen) atoms. The maximum atomic E-state index is 12.0. The van der Waals surface area contributed by atoms with Gasteiger partial charge >= 0.3 is 0 Å². The molecule has 3 heteroatoms. The second-order valence-corrected chi connectivity index (χ2v) is 5.72. The van der Waals surface area contributed by atoms with E-state index in [1.807, 2.05) is 36.4 Å². The van der Waals surface area contributed by atoms with E-state index in [9.17, 15) is 15.0 Å². The Hall–Kier alpha value is -2.55. The van der Waals surface area contributed by atoms with Crippen LogP contribution in [0.5, 0.6) is 11.5 Å². The summed E-state index contributed by atoms with van der Waals surface area (Å²) in [6.07, 6.45) is 3.96. The van der Waals surface area contributed by atoms with Crippen molar-refractivity contribution >= 4 is 17.4 Å². The van der Waals surface area contributed by atoms with Gasteiger partial charge in [-0.05, 0) is 60.6 Å². The predicted octanol–water partition coefficient (Wildman–Crippen LogP) is 4.10. The van der Waals surface area contributed by atoms with Crippen LogP contribution in [-0.2, 0) is 4.79 Å². The predicted molar refractivity (Wildman–Crippen MR) is 86.7 cm³/mol. The number of allylic oxidation sites excluding steroid dienone is 1. The summed E-state index contributed by atoms with van der Waals surface area (Å²) in [4.78, 5) is 12.0. The highest BCUT2D eigenvalue weighted by atomic mass is 16.3. The molecule has 1 fully saturated rings. The standard InChI is InChI=1S/C19H18O3/c1-12(20)16(13-5-3-2-4-6-13)9-15-10-18(21)19(22)11-17(15)14-7-8-14/h2-6,9-11,14,21-22H,7-8H2,1H3/b16-9+. The number of benzene rings is 2. The molecule has 2 aromatic carbocycles. The van der Waals surface area contributed by atoms with Gasteiger partial charge in [-0.15, -0.1) is 0 Å². The molecule has 1 saturated carbocycles. The first-order valence-electron chi connectivity index (χ1n) is 7.40. The summed E-state index contributed by atoms with van der Waals surface area (Å²) in [5, 5.41) is 19.5. The molecule has 0 atom stereocenters. The van der Waals surface area contributed by atoms with Crippen molar-refractivity contribution in [1.29, 1.82) is 0 Å². The summed E-state index contributed by atoms with van der Waals surface area (Å²) in [6, 6.07) is 12.6. The van der Waals surface area contributed by atoms with Crippen LogP contribution in [0.25, 0.3) is 11.6 Å². The number of phenols is 2. The van der Waals surface area contributed by atoms with Crippen molar-refractivity contribution in [2.75, 3.05) is 0 Å². The minimum Gasteiger partial charge on any atom is -0.504 e. The second-order valence-electron chi connectivity index (χ2n) is 5.72. The largest absolute Gasteiger partial charge is 0.504 e. The molecule has 2 aromatic rings. The zero-order valence-corrected chi connectivity index (χ0v) is 12.4. The highest BCUT2D eigenvalue weighted by Crippen LogP contribution is 2.45. The fraction of sp³-hybridized carbons (Fsp3) is 0.211. The molecule has 2 N–H and O–H groups in total. The highest BCUT2D eigenvalue weighted by Gasteiger charge is 2.27. The van der Waals surface area contributed by atoms with E-state index in [0.717, 1.165) is 29.5 Å². The molecule has 0 aromatic heterocycles. The van der Waals surface area contributed by atoms with Crippen LogP contribution in [0.3, 0.4) is 0 Å². The monoisotopic (exact) mass is 294 g/mol. The van der Waals surface area contributed by atoms with E-state index in [4.69, 9.17) is 0 Å². The summed E-state index contributed by atoms with van der Waals surface area (Å²) in [5.74, 6) is 0.108. The van der Waals surface area contributed by atoms with Crippen LogP contribution in [0.1, 0.15) is 42.4 Å². The fourth-order valence-electron chi connectivity index (χ4n) is 2.64. The molecule has 1 aliphatic rings. The smallest absolute Gasteiger partial charge is 0.160 e. The van der Waals surface area contributed by atoms with Crippen LogP contribution in [0, 0.1) is 0 Å². The molecule has 0 amide bonds. The SMILES string of the molecule is CC(=O)/C(=C\c1cc(O)c(O)cc1C1CC1)c1ccccc1. The lowest BCUT2D eigenvalue weighted by molar-refractivity contribution is -0.111. The number of aromatic hydroxyl groups is 2. The first kappa shape index (κ1) is 14.4. The molecule has 3 nitrogen and oxygen atoms in total. The van der Waals surface area contributed by atoms with Gasteiger partial charge in [-0.3, -0.25) is 4.79 Å². The van der Waals surface area contributed by atoms with Gasteiger partial charge in [0.25, 0.3) is 0 Å². The van der Waals surface area contributed by atoms with Crippen molar-refractivity contribution in [3.63, 3.8) is 0 Å². The van der Waals surface area contributed by atoms with Crippen LogP contribution < -0.4 is 0 Å². The molecule has 0 bridgehead atoms. The van der Waals surface area contributed by atoms with Gasteiger partial charge in [0.1, 0.15) is 0 Å². The second kappa shape index (κ2) is 5.68. The molecule has 0 heterocycles. The van der Waals surface area contributed by atoms with E-state index in [0.29, 0.717) is 11.5 Å². The first-order valence-corrected chi connectivity index (χ1v) is 7.40. The first-order chi connectivity index (χ1) is 10.6. The Kier molecular flexibility index (Phi) is 3.72. The molecule has 0 saturated heterocycles. The van der Waals surface area contributed by atoms with E-state index in [2.05, 4.69) is 0 Å². The Balaban J connectivity index is 2.12. The van der Waals surface area contributed by atoms with Crippen LogP contribution in [-0.4, -0.2) is 16.0 Å². The fourth-order valence-corrected chi connectivity index (χ4v) is 2.64. The van der Waals surface area contributed by atoms with Crippen LogP contribution in [0.4, 0.5) is 0 Å². The zero-order valence-electron chi connectivity index (χ0n) is 12.4. The third-order valence-electron chi connectivity index (χ3n) is 3.96. The van der Waals surface area contributed by atoms with Crippen LogP contribution in [0.15, 0.2) is 42.5 Å². The molecule has 0 spiro atoms.